The summed E-state index contributed by atoms with van der Waals surface area (Å²) < 4.78 is 5.24. The molecule has 1 heterocycles. The minimum Gasteiger partial charge on any atom is -0.383 e. The van der Waals surface area contributed by atoms with Crippen LogP contribution in [0.4, 0.5) is 0 Å². The Bertz CT molecular complexity index is 327. The summed E-state index contributed by atoms with van der Waals surface area (Å²) in [5, 5.41) is 0. The van der Waals surface area contributed by atoms with Gasteiger partial charge >= 0.3 is 0 Å². The SMILES string of the molecule is CCC(CC)N(CCOC)C(CN)c1ccccn1. The summed E-state index contributed by atoms with van der Waals surface area (Å²) in [6.07, 6.45) is 4.06. The standard InChI is InChI=1S/C15H27N3O/c1-4-13(5-2)18(10-11-19-3)15(12-16)14-8-6-7-9-17-14/h6-9,13,15H,4-5,10-12,16H2,1-3H3. The van der Waals surface area contributed by atoms with Gasteiger partial charge in [0.15, 0.2) is 0 Å². The van der Waals surface area contributed by atoms with E-state index >= 15 is 0 Å². The first-order valence-corrected chi connectivity index (χ1v) is 7.14. The van der Waals surface area contributed by atoms with Crippen molar-refractivity contribution in [1.82, 2.24) is 9.88 Å². The molecule has 0 aliphatic carbocycles. The lowest BCUT2D eigenvalue weighted by Gasteiger charge is -2.36. The van der Waals surface area contributed by atoms with Crippen LogP contribution in [0.1, 0.15) is 38.4 Å². The Morgan fingerprint density at radius 1 is 1.32 bits per heavy atom. The van der Waals surface area contributed by atoms with Crippen LogP contribution in [0.15, 0.2) is 24.4 Å². The number of hydrogen-bond donors (Lipinski definition) is 1. The molecule has 0 spiro atoms. The average Bonchev–Trinajstić information content (AvgIpc) is 2.47. The van der Waals surface area contributed by atoms with Crippen LogP contribution in [0.3, 0.4) is 0 Å². The Balaban J connectivity index is 2.91. The summed E-state index contributed by atoms with van der Waals surface area (Å²) in [4.78, 5) is 6.90. The molecule has 1 unspecified atom stereocenters. The lowest BCUT2D eigenvalue weighted by atomic mass is 10.0. The lowest BCUT2D eigenvalue weighted by Crippen LogP contribution is -2.43. The van der Waals surface area contributed by atoms with Gasteiger partial charge in [0.25, 0.3) is 0 Å². The molecule has 0 bridgehead atoms. The summed E-state index contributed by atoms with van der Waals surface area (Å²) in [5.74, 6) is 0. The normalized spacial score (nSPS) is 13.2. The number of ether oxygens (including phenoxy) is 1. The zero-order valence-corrected chi connectivity index (χ0v) is 12.4. The van der Waals surface area contributed by atoms with E-state index in [9.17, 15) is 0 Å². The van der Waals surface area contributed by atoms with Crippen molar-refractivity contribution in [3.05, 3.63) is 30.1 Å². The first kappa shape index (κ1) is 16.1. The Hall–Kier alpha value is -0.970. The Morgan fingerprint density at radius 3 is 2.53 bits per heavy atom. The highest BCUT2D eigenvalue weighted by Crippen LogP contribution is 2.23. The summed E-state index contributed by atoms with van der Waals surface area (Å²) in [7, 11) is 1.74. The predicted octanol–water partition coefficient (Wildman–Crippen LogP) is 2.22. The van der Waals surface area contributed by atoms with Crippen LogP contribution in [0.2, 0.25) is 0 Å². The molecular weight excluding hydrogens is 238 g/mol. The van der Waals surface area contributed by atoms with Crippen molar-refractivity contribution >= 4 is 0 Å². The molecule has 0 saturated heterocycles. The molecule has 4 heteroatoms. The van der Waals surface area contributed by atoms with Gasteiger partial charge < -0.3 is 10.5 Å². The van der Waals surface area contributed by atoms with E-state index in [1.807, 2.05) is 18.3 Å². The van der Waals surface area contributed by atoms with E-state index < -0.39 is 0 Å². The van der Waals surface area contributed by atoms with Gasteiger partial charge in [-0.05, 0) is 25.0 Å². The second-order valence-corrected chi connectivity index (χ2v) is 4.71. The Morgan fingerprint density at radius 2 is 2.05 bits per heavy atom. The van der Waals surface area contributed by atoms with E-state index in [1.165, 1.54) is 0 Å². The molecule has 108 valence electrons. The van der Waals surface area contributed by atoms with E-state index in [4.69, 9.17) is 10.5 Å². The third kappa shape index (κ3) is 4.56. The highest BCUT2D eigenvalue weighted by Gasteiger charge is 2.25. The fourth-order valence-corrected chi connectivity index (χ4v) is 2.55. The van der Waals surface area contributed by atoms with Crippen molar-refractivity contribution in [2.24, 2.45) is 5.73 Å². The van der Waals surface area contributed by atoms with Crippen molar-refractivity contribution < 1.29 is 4.74 Å². The highest BCUT2D eigenvalue weighted by molar-refractivity contribution is 5.10. The van der Waals surface area contributed by atoms with Crippen molar-refractivity contribution in [2.45, 2.75) is 38.8 Å². The van der Waals surface area contributed by atoms with Crippen LogP contribution in [0, 0.1) is 0 Å². The molecular formula is C15H27N3O. The van der Waals surface area contributed by atoms with Gasteiger partial charge in [0, 0.05) is 32.4 Å². The van der Waals surface area contributed by atoms with E-state index in [1.54, 1.807) is 7.11 Å². The van der Waals surface area contributed by atoms with Gasteiger partial charge in [0.2, 0.25) is 0 Å². The molecule has 1 aromatic rings. The first-order chi connectivity index (χ1) is 9.28. The molecule has 19 heavy (non-hydrogen) atoms. The molecule has 4 nitrogen and oxygen atoms in total. The fourth-order valence-electron chi connectivity index (χ4n) is 2.55. The van der Waals surface area contributed by atoms with Crippen LogP contribution >= 0.6 is 0 Å². The molecule has 0 aliphatic rings. The molecule has 0 radical (unpaired) electrons. The molecule has 1 rings (SSSR count). The van der Waals surface area contributed by atoms with Crippen LogP contribution in [-0.4, -0.2) is 42.7 Å². The molecule has 1 aromatic heterocycles. The monoisotopic (exact) mass is 265 g/mol. The Labute approximate surface area is 117 Å². The van der Waals surface area contributed by atoms with E-state index in [2.05, 4.69) is 29.8 Å². The topological polar surface area (TPSA) is 51.4 Å². The maximum absolute atomic E-state index is 6.00. The number of aromatic nitrogens is 1. The summed E-state index contributed by atoms with van der Waals surface area (Å²) in [5.41, 5.74) is 7.05. The quantitative estimate of drug-likeness (QED) is 0.744. The summed E-state index contributed by atoms with van der Waals surface area (Å²) in [6.45, 7) is 6.64. The zero-order chi connectivity index (χ0) is 14.1. The largest absolute Gasteiger partial charge is 0.383 e. The van der Waals surface area contributed by atoms with E-state index in [0.717, 1.165) is 31.7 Å². The number of nitrogens with zero attached hydrogens (tertiary/aromatic N) is 2. The molecule has 0 aliphatic heterocycles. The number of methoxy groups -OCH3 is 1. The van der Waals surface area contributed by atoms with Crippen molar-refractivity contribution in [3.63, 3.8) is 0 Å². The highest BCUT2D eigenvalue weighted by atomic mass is 16.5. The van der Waals surface area contributed by atoms with Gasteiger partial charge in [0.1, 0.15) is 0 Å². The van der Waals surface area contributed by atoms with Gasteiger partial charge in [-0.3, -0.25) is 9.88 Å². The van der Waals surface area contributed by atoms with E-state index in [0.29, 0.717) is 12.6 Å². The van der Waals surface area contributed by atoms with Crippen molar-refractivity contribution in [1.29, 1.82) is 0 Å². The molecule has 0 aromatic carbocycles. The third-order valence-corrected chi connectivity index (χ3v) is 3.62. The van der Waals surface area contributed by atoms with Crippen LogP contribution in [0.25, 0.3) is 0 Å². The van der Waals surface area contributed by atoms with Gasteiger partial charge in [-0.15, -0.1) is 0 Å². The number of pyridine rings is 1. The van der Waals surface area contributed by atoms with Crippen LogP contribution < -0.4 is 5.73 Å². The molecule has 0 saturated carbocycles. The van der Waals surface area contributed by atoms with Gasteiger partial charge in [-0.25, -0.2) is 0 Å². The van der Waals surface area contributed by atoms with Crippen LogP contribution in [0.5, 0.6) is 0 Å². The average molecular weight is 265 g/mol. The predicted molar refractivity (Wildman–Crippen MR) is 79.0 cm³/mol. The lowest BCUT2D eigenvalue weighted by molar-refractivity contribution is 0.0802. The van der Waals surface area contributed by atoms with E-state index in [-0.39, 0.29) is 6.04 Å². The molecule has 1 atom stereocenters. The molecule has 2 N–H and O–H groups in total. The Kier molecular flexibility index (Phi) is 7.63. The number of rotatable bonds is 9. The fraction of sp³-hybridized carbons (Fsp3) is 0.667. The maximum Gasteiger partial charge on any atom is 0.0647 e. The third-order valence-electron chi connectivity index (χ3n) is 3.62. The summed E-state index contributed by atoms with van der Waals surface area (Å²) >= 11 is 0. The van der Waals surface area contributed by atoms with Crippen molar-refractivity contribution in [2.75, 3.05) is 26.8 Å². The van der Waals surface area contributed by atoms with Gasteiger partial charge in [-0.1, -0.05) is 19.9 Å². The first-order valence-electron chi connectivity index (χ1n) is 7.14. The van der Waals surface area contributed by atoms with Gasteiger partial charge in [0.05, 0.1) is 18.3 Å². The maximum atomic E-state index is 6.00. The smallest absolute Gasteiger partial charge is 0.0647 e. The minimum absolute atomic E-state index is 0.168. The number of nitrogens with two attached hydrogens (primary N) is 1. The molecule has 0 amide bonds. The summed E-state index contributed by atoms with van der Waals surface area (Å²) in [6, 6.07) is 6.70. The van der Waals surface area contributed by atoms with Gasteiger partial charge in [-0.2, -0.15) is 0 Å². The number of hydrogen-bond acceptors (Lipinski definition) is 4. The van der Waals surface area contributed by atoms with Crippen LogP contribution in [-0.2, 0) is 4.74 Å². The van der Waals surface area contributed by atoms with Crippen molar-refractivity contribution in [3.8, 4) is 0 Å². The zero-order valence-electron chi connectivity index (χ0n) is 12.4. The second-order valence-electron chi connectivity index (χ2n) is 4.71. The molecule has 0 fully saturated rings. The minimum atomic E-state index is 0.168. The second kappa shape index (κ2) is 9.02.